The first-order valence-electron chi connectivity index (χ1n) is 10.3. The van der Waals surface area contributed by atoms with Crippen molar-refractivity contribution >= 4 is 36.7 Å². The van der Waals surface area contributed by atoms with Gasteiger partial charge in [-0.1, -0.05) is 15.9 Å². The number of rotatable bonds is 10. The number of pyridine rings is 1. The number of fused-ring (bicyclic) bond motifs is 1. The maximum atomic E-state index is 13.6. The van der Waals surface area contributed by atoms with E-state index in [9.17, 15) is 12.8 Å². The van der Waals surface area contributed by atoms with Gasteiger partial charge in [0.1, 0.15) is 31.2 Å². The Morgan fingerprint density at radius 3 is 2.53 bits per heavy atom. The molecule has 1 saturated carbocycles. The fraction of sp³-hybridized carbons (Fsp3) is 0.348. The van der Waals surface area contributed by atoms with E-state index in [-0.39, 0.29) is 17.6 Å². The minimum Gasteiger partial charge on any atom is -0.491 e. The van der Waals surface area contributed by atoms with E-state index in [0.29, 0.717) is 17.1 Å². The molecular formula is C23H23BrFNO5S. The van der Waals surface area contributed by atoms with E-state index < -0.39 is 28.1 Å². The van der Waals surface area contributed by atoms with Gasteiger partial charge >= 0.3 is 0 Å². The molecule has 0 N–H and O–H groups in total. The Kier molecular flexibility index (Phi) is 6.97. The molecule has 2 unspecified atom stereocenters. The van der Waals surface area contributed by atoms with Gasteiger partial charge in [0, 0.05) is 22.0 Å². The van der Waals surface area contributed by atoms with Gasteiger partial charge in [0.2, 0.25) is 15.7 Å². The summed E-state index contributed by atoms with van der Waals surface area (Å²) in [6.45, 7) is 0.368. The van der Waals surface area contributed by atoms with Crippen LogP contribution in [0.3, 0.4) is 0 Å². The smallest absolute Gasteiger partial charge is 0.214 e. The minimum atomic E-state index is -3.77. The highest BCUT2D eigenvalue weighted by Gasteiger charge is 2.27. The predicted octanol–water partition coefficient (Wildman–Crippen LogP) is 5.09. The van der Waals surface area contributed by atoms with Crippen LogP contribution in [0.25, 0.3) is 10.9 Å². The summed E-state index contributed by atoms with van der Waals surface area (Å²) in [6.07, 6.45) is 1.30. The van der Waals surface area contributed by atoms with Crippen LogP contribution in [-0.4, -0.2) is 44.3 Å². The summed E-state index contributed by atoms with van der Waals surface area (Å²) in [6, 6.07) is 15.3. The average Bonchev–Trinajstić information content (AvgIpc) is 3.60. The fourth-order valence-electron chi connectivity index (χ4n) is 3.06. The molecule has 32 heavy (non-hydrogen) atoms. The Balaban J connectivity index is 1.40. The number of alkyl halides is 1. The molecule has 4 rings (SSSR count). The average molecular weight is 524 g/mol. The highest BCUT2D eigenvalue weighted by atomic mass is 79.9. The molecule has 0 saturated heterocycles. The lowest BCUT2D eigenvalue weighted by Crippen LogP contribution is -2.32. The molecule has 2 aromatic carbocycles. The number of halogens is 2. The van der Waals surface area contributed by atoms with Crippen molar-refractivity contribution in [1.29, 1.82) is 0 Å². The molecule has 1 fully saturated rings. The topological polar surface area (TPSA) is 74.7 Å². The lowest BCUT2D eigenvalue weighted by Gasteiger charge is -2.21. The van der Waals surface area contributed by atoms with Gasteiger partial charge in [-0.05, 0) is 62.2 Å². The zero-order valence-electron chi connectivity index (χ0n) is 17.4. The standard InChI is InChI=1S/C23H23BrFNO5S/c1-15(32(27,28)21-9-4-17(24)5-10-21)30-20(13-25)14-29-19-6-2-16-3-11-23(26-22(16)12-19)31-18-7-8-18/h2-6,9-12,15,18,20H,7-8,13-14H2,1H3. The first kappa shape index (κ1) is 22.9. The Labute approximate surface area is 194 Å². The number of nitrogens with zero attached hydrogens (tertiary/aromatic N) is 1. The van der Waals surface area contributed by atoms with E-state index >= 15 is 0 Å². The molecule has 1 aliphatic rings. The normalized spacial score (nSPS) is 16.0. The Hall–Kier alpha value is -2.23. The largest absolute Gasteiger partial charge is 0.491 e. The number of sulfone groups is 1. The van der Waals surface area contributed by atoms with Gasteiger partial charge < -0.3 is 14.2 Å². The van der Waals surface area contributed by atoms with Crippen molar-refractivity contribution in [2.45, 2.75) is 42.3 Å². The van der Waals surface area contributed by atoms with Crippen molar-refractivity contribution in [2.24, 2.45) is 0 Å². The molecule has 1 aromatic heterocycles. The van der Waals surface area contributed by atoms with Crippen LogP contribution in [0.1, 0.15) is 19.8 Å². The van der Waals surface area contributed by atoms with E-state index in [4.69, 9.17) is 14.2 Å². The van der Waals surface area contributed by atoms with E-state index in [1.165, 1.54) is 19.1 Å². The zero-order chi connectivity index (χ0) is 22.7. The molecule has 3 aromatic rings. The summed E-state index contributed by atoms with van der Waals surface area (Å²) in [5, 5.41) is 0.924. The van der Waals surface area contributed by atoms with Crippen molar-refractivity contribution in [3.63, 3.8) is 0 Å². The predicted molar refractivity (Wildman–Crippen MR) is 123 cm³/mol. The SMILES string of the molecule is CC(OC(CF)COc1ccc2ccc(OC3CC3)nc2c1)S(=O)(=O)c1ccc(Br)cc1. The quantitative estimate of drug-likeness (QED) is 0.368. The molecule has 1 aliphatic carbocycles. The Morgan fingerprint density at radius 1 is 1.12 bits per heavy atom. The third kappa shape index (κ3) is 5.57. The Morgan fingerprint density at radius 2 is 1.84 bits per heavy atom. The number of hydrogen-bond acceptors (Lipinski definition) is 6. The minimum absolute atomic E-state index is 0.108. The maximum Gasteiger partial charge on any atom is 0.214 e. The first-order chi connectivity index (χ1) is 15.3. The first-order valence-corrected chi connectivity index (χ1v) is 12.6. The summed E-state index contributed by atoms with van der Waals surface area (Å²) in [5.74, 6) is 1.05. The van der Waals surface area contributed by atoms with Gasteiger partial charge in [-0.2, -0.15) is 0 Å². The van der Waals surface area contributed by atoms with Crippen molar-refractivity contribution in [3.8, 4) is 11.6 Å². The summed E-state index contributed by atoms with van der Waals surface area (Å²) < 4.78 is 56.6. The fourth-order valence-corrected chi connectivity index (χ4v) is 4.53. The van der Waals surface area contributed by atoms with Gasteiger partial charge in [0.15, 0.2) is 5.44 Å². The number of benzene rings is 2. The molecule has 0 amide bonds. The van der Waals surface area contributed by atoms with Crippen LogP contribution in [0.5, 0.6) is 11.6 Å². The second-order valence-electron chi connectivity index (χ2n) is 7.61. The van der Waals surface area contributed by atoms with Crippen LogP contribution in [0.4, 0.5) is 4.39 Å². The molecule has 0 bridgehead atoms. The van der Waals surface area contributed by atoms with Gasteiger partial charge in [0.25, 0.3) is 0 Å². The van der Waals surface area contributed by atoms with Gasteiger partial charge in [0.05, 0.1) is 10.4 Å². The zero-order valence-corrected chi connectivity index (χ0v) is 19.8. The molecule has 2 atom stereocenters. The Bertz CT molecular complexity index is 1180. The third-order valence-electron chi connectivity index (χ3n) is 5.02. The molecule has 0 radical (unpaired) electrons. The van der Waals surface area contributed by atoms with Crippen LogP contribution in [-0.2, 0) is 14.6 Å². The molecular weight excluding hydrogens is 501 g/mol. The molecule has 0 aliphatic heterocycles. The van der Waals surface area contributed by atoms with Crippen LogP contribution >= 0.6 is 15.9 Å². The molecule has 0 spiro atoms. The van der Waals surface area contributed by atoms with E-state index in [2.05, 4.69) is 20.9 Å². The summed E-state index contributed by atoms with van der Waals surface area (Å²) in [5.41, 5.74) is -0.530. The molecule has 1 heterocycles. The molecule has 6 nitrogen and oxygen atoms in total. The highest BCUT2D eigenvalue weighted by molar-refractivity contribution is 9.10. The van der Waals surface area contributed by atoms with Crippen molar-refractivity contribution in [3.05, 3.63) is 59.1 Å². The van der Waals surface area contributed by atoms with Crippen LogP contribution < -0.4 is 9.47 Å². The van der Waals surface area contributed by atoms with Gasteiger partial charge in [-0.3, -0.25) is 0 Å². The van der Waals surface area contributed by atoms with Crippen LogP contribution in [0, 0.1) is 0 Å². The maximum absolute atomic E-state index is 13.6. The van der Waals surface area contributed by atoms with Crippen molar-refractivity contribution < 1.29 is 27.0 Å². The van der Waals surface area contributed by atoms with Gasteiger partial charge in [-0.25, -0.2) is 17.8 Å². The second kappa shape index (κ2) is 9.72. The van der Waals surface area contributed by atoms with Gasteiger partial charge in [-0.15, -0.1) is 0 Å². The van der Waals surface area contributed by atoms with Crippen LogP contribution in [0.2, 0.25) is 0 Å². The number of hydrogen-bond donors (Lipinski definition) is 0. The molecule has 170 valence electrons. The highest BCUT2D eigenvalue weighted by Crippen LogP contribution is 2.28. The lowest BCUT2D eigenvalue weighted by atomic mass is 10.2. The van der Waals surface area contributed by atoms with E-state index in [1.54, 1.807) is 24.3 Å². The summed E-state index contributed by atoms with van der Waals surface area (Å²) in [4.78, 5) is 4.60. The monoisotopic (exact) mass is 523 g/mol. The third-order valence-corrected chi connectivity index (χ3v) is 7.46. The van der Waals surface area contributed by atoms with Crippen LogP contribution in [0.15, 0.2) is 64.0 Å². The van der Waals surface area contributed by atoms with Crippen molar-refractivity contribution in [2.75, 3.05) is 13.3 Å². The van der Waals surface area contributed by atoms with Crippen molar-refractivity contribution in [1.82, 2.24) is 4.98 Å². The summed E-state index contributed by atoms with van der Waals surface area (Å²) in [7, 11) is -3.77. The number of ether oxygens (including phenoxy) is 3. The summed E-state index contributed by atoms with van der Waals surface area (Å²) >= 11 is 3.27. The molecule has 9 heteroatoms. The number of aromatic nitrogens is 1. The van der Waals surface area contributed by atoms with E-state index in [1.807, 2.05) is 18.2 Å². The lowest BCUT2D eigenvalue weighted by molar-refractivity contribution is -0.00517. The van der Waals surface area contributed by atoms with E-state index in [0.717, 1.165) is 22.7 Å². The second-order valence-corrected chi connectivity index (χ2v) is 10.8.